The van der Waals surface area contributed by atoms with Gasteiger partial charge in [-0.05, 0) is 24.7 Å². The smallest absolute Gasteiger partial charge is 0.497 e. The number of rotatable bonds is 5. The largest absolute Gasteiger partial charge is 0.657 e. The molecule has 1 aromatic heterocycles. The van der Waals surface area contributed by atoms with Crippen LogP contribution in [-0.4, -0.2) is 62.3 Å². The Bertz CT molecular complexity index is 869. The van der Waals surface area contributed by atoms with E-state index in [2.05, 4.69) is 10.3 Å². The highest BCUT2D eigenvalue weighted by Crippen LogP contribution is 2.14. The van der Waals surface area contributed by atoms with Gasteiger partial charge in [0.2, 0.25) is 0 Å². The van der Waals surface area contributed by atoms with E-state index in [-0.39, 0.29) is 30.4 Å². The summed E-state index contributed by atoms with van der Waals surface area (Å²) in [6.07, 6.45) is -0.699. The molecule has 1 saturated heterocycles. The Balaban J connectivity index is 1.55. The van der Waals surface area contributed by atoms with Crippen molar-refractivity contribution < 1.29 is 33.2 Å². The van der Waals surface area contributed by atoms with Gasteiger partial charge in [-0.3, -0.25) is 19.8 Å². The zero-order valence-corrected chi connectivity index (χ0v) is 16.6. The lowest BCUT2D eigenvalue weighted by atomic mass is 9.85. The molecule has 0 atom stereocenters. The van der Waals surface area contributed by atoms with Gasteiger partial charge in [0.15, 0.2) is 5.13 Å². The van der Waals surface area contributed by atoms with Crippen LogP contribution >= 0.6 is 11.3 Å². The molecule has 29 heavy (non-hydrogen) atoms. The third-order valence-electron chi connectivity index (χ3n) is 3.78. The van der Waals surface area contributed by atoms with E-state index in [0.717, 1.165) is 16.9 Å². The van der Waals surface area contributed by atoms with E-state index in [9.17, 15) is 14.4 Å². The molecule has 2 aromatic rings. The molecule has 0 radical (unpaired) electrons. The molecule has 1 aliphatic heterocycles. The number of amides is 1. The second-order valence-electron chi connectivity index (χ2n) is 6.11. The van der Waals surface area contributed by atoms with Crippen LogP contribution in [0.25, 0.3) is 0 Å². The van der Waals surface area contributed by atoms with E-state index in [0.29, 0.717) is 5.75 Å². The van der Waals surface area contributed by atoms with Crippen LogP contribution in [0.4, 0.5) is 9.93 Å². The standard InChI is InChI=1S/C17H18BN3O7S/c1-21-7-14(22)27-18(28-15(23)8-21)13-10-29-16(19-13)20-17(24)26-9-11-3-5-12(25-2)6-4-11/h3-6,10H,7-9H2,1-2H3,(H,19,20,24). The van der Waals surface area contributed by atoms with E-state index >= 15 is 0 Å². The summed E-state index contributed by atoms with van der Waals surface area (Å²) in [5.74, 6) is -0.395. The van der Waals surface area contributed by atoms with Gasteiger partial charge in [-0.2, -0.15) is 0 Å². The maximum atomic E-state index is 12.0. The Morgan fingerprint density at radius 2 is 1.90 bits per heavy atom. The number of thiazole rings is 1. The topological polar surface area (TPSA) is 116 Å². The van der Waals surface area contributed by atoms with Crippen molar-refractivity contribution in [2.24, 2.45) is 0 Å². The predicted molar refractivity (Wildman–Crippen MR) is 104 cm³/mol. The average molecular weight is 419 g/mol. The highest BCUT2D eigenvalue weighted by atomic mass is 32.1. The van der Waals surface area contributed by atoms with Gasteiger partial charge in [-0.1, -0.05) is 12.1 Å². The van der Waals surface area contributed by atoms with E-state index < -0.39 is 25.2 Å². The number of nitrogens with zero attached hydrogens (tertiary/aromatic N) is 2. The van der Waals surface area contributed by atoms with Crippen LogP contribution in [0, 0.1) is 0 Å². The summed E-state index contributed by atoms with van der Waals surface area (Å²) in [7, 11) is 1.91. The van der Waals surface area contributed by atoms with Crippen molar-refractivity contribution in [3.05, 3.63) is 35.2 Å². The number of benzene rings is 1. The molecule has 12 heteroatoms. The van der Waals surface area contributed by atoms with Crippen molar-refractivity contribution in [3.8, 4) is 5.75 Å². The number of hydrogen-bond donors (Lipinski definition) is 1. The molecule has 1 fully saturated rings. The van der Waals surface area contributed by atoms with Gasteiger partial charge in [-0.25, -0.2) is 9.78 Å². The van der Waals surface area contributed by atoms with Crippen molar-refractivity contribution in [1.82, 2.24) is 9.88 Å². The fraction of sp³-hybridized carbons (Fsp3) is 0.294. The lowest BCUT2D eigenvalue weighted by Gasteiger charge is -2.21. The molecule has 0 spiro atoms. The zero-order valence-electron chi connectivity index (χ0n) is 15.7. The van der Waals surface area contributed by atoms with E-state index in [1.165, 1.54) is 10.3 Å². The quantitative estimate of drug-likeness (QED) is 0.697. The molecule has 2 heterocycles. The fourth-order valence-corrected chi connectivity index (χ4v) is 3.10. The summed E-state index contributed by atoms with van der Waals surface area (Å²) < 4.78 is 20.5. The minimum Gasteiger partial charge on any atom is -0.497 e. The van der Waals surface area contributed by atoms with Gasteiger partial charge < -0.3 is 18.8 Å². The normalized spacial score (nSPS) is 15.0. The number of carbonyl (C=O) groups excluding carboxylic acids is 3. The molecule has 0 bridgehead atoms. The van der Waals surface area contributed by atoms with Gasteiger partial charge in [0, 0.05) is 5.38 Å². The first-order valence-corrected chi connectivity index (χ1v) is 9.40. The van der Waals surface area contributed by atoms with Crippen molar-refractivity contribution in [1.29, 1.82) is 0 Å². The van der Waals surface area contributed by atoms with E-state index in [1.54, 1.807) is 38.4 Å². The Hall–Kier alpha value is -3.12. The van der Waals surface area contributed by atoms with Gasteiger partial charge in [0.05, 0.1) is 20.2 Å². The predicted octanol–water partition coefficient (Wildman–Crippen LogP) is 0.627. The van der Waals surface area contributed by atoms with Gasteiger partial charge in [-0.15, -0.1) is 11.3 Å². The Kier molecular flexibility index (Phi) is 6.67. The zero-order chi connectivity index (χ0) is 20.8. The monoisotopic (exact) mass is 419 g/mol. The second-order valence-corrected chi connectivity index (χ2v) is 6.97. The molecule has 0 saturated carbocycles. The number of anilines is 1. The minimum atomic E-state index is -1.26. The lowest BCUT2D eigenvalue weighted by Crippen LogP contribution is -2.48. The fourth-order valence-electron chi connectivity index (χ4n) is 2.40. The number of likely N-dealkylation sites (N-methyl/N-ethyl adjacent to an activating group) is 1. The summed E-state index contributed by atoms with van der Waals surface area (Å²) in [5.41, 5.74) is 0.991. The average Bonchev–Trinajstić information content (AvgIpc) is 3.13. The summed E-state index contributed by atoms with van der Waals surface area (Å²) in [6.45, 7) is -0.0174. The molecule has 1 N–H and O–H groups in total. The molecule has 10 nitrogen and oxygen atoms in total. The Morgan fingerprint density at radius 1 is 1.24 bits per heavy atom. The first kappa shape index (κ1) is 20.6. The third-order valence-corrected chi connectivity index (χ3v) is 4.55. The van der Waals surface area contributed by atoms with Crippen LogP contribution in [0.5, 0.6) is 5.75 Å². The highest BCUT2D eigenvalue weighted by Gasteiger charge is 2.36. The summed E-state index contributed by atoms with van der Waals surface area (Å²) in [4.78, 5) is 41.2. The highest BCUT2D eigenvalue weighted by molar-refractivity contribution is 7.14. The summed E-state index contributed by atoms with van der Waals surface area (Å²) >= 11 is 1.08. The molecule has 1 amide bonds. The molecule has 1 aromatic carbocycles. The van der Waals surface area contributed by atoms with Crippen LogP contribution in [0.2, 0.25) is 0 Å². The number of ether oxygens (including phenoxy) is 2. The Labute approximate surface area is 170 Å². The van der Waals surface area contributed by atoms with E-state index in [4.69, 9.17) is 18.8 Å². The maximum absolute atomic E-state index is 12.0. The van der Waals surface area contributed by atoms with Gasteiger partial charge in [0.25, 0.3) is 0 Å². The first-order chi connectivity index (χ1) is 13.9. The molecule has 0 unspecified atom stereocenters. The third kappa shape index (κ3) is 5.93. The van der Waals surface area contributed by atoms with Gasteiger partial charge >= 0.3 is 25.2 Å². The van der Waals surface area contributed by atoms with Gasteiger partial charge in [0.1, 0.15) is 17.9 Å². The van der Waals surface area contributed by atoms with Crippen LogP contribution in [-0.2, 0) is 30.2 Å². The summed E-state index contributed by atoms with van der Waals surface area (Å²) in [5, 5.41) is 4.22. The maximum Gasteiger partial charge on any atom is 0.657 e. The molecular weight excluding hydrogens is 401 g/mol. The SMILES string of the molecule is COc1ccc(COC(=O)Nc2nc(B3OC(=O)CN(C)CC(=O)O3)cs2)cc1. The number of nitrogens with one attached hydrogen (secondary N) is 1. The number of carbonyl (C=O) groups is 3. The van der Waals surface area contributed by atoms with Crippen LogP contribution < -0.4 is 15.6 Å². The van der Waals surface area contributed by atoms with Crippen LogP contribution in [0.1, 0.15) is 5.56 Å². The van der Waals surface area contributed by atoms with Crippen molar-refractivity contribution in [2.75, 3.05) is 32.6 Å². The van der Waals surface area contributed by atoms with Crippen LogP contribution in [0.15, 0.2) is 29.6 Å². The van der Waals surface area contributed by atoms with Crippen molar-refractivity contribution in [3.63, 3.8) is 0 Å². The Morgan fingerprint density at radius 3 is 2.52 bits per heavy atom. The van der Waals surface area contributed by atoms with Crippen molar-refractivity contribution >= 4 is 47.2 Å². The number of hydrogen-bond acceptors (Lipinski definition) is 10. The molecular formula is C17H18BN3O7S. The number of methoxy groups -OCH3 is 1. The van der Waals surface area contributed by atoms with E-state index in [1.807, 2.05) is 0 Å². The molecule has 3 rings (SSSR count). The van der Waals surface area contributed by atoms with Crippen LogP contribution in [0.3, 0.4) is 0 Å². The first-order valence-electron chi connectivity index (χ1n) is 8.52. The van der Waals surface area contributed by atoms with Crippen molar-refractivity contribution in [2.45, 2.75) is 6.61 Å². The second kappa shape index (κ2) is 9.39. The lowest BCUT2D eigenvalue weighted by molar-refractivity contribution is -0.145. The molecule has 0 aliphatic carbocycles. The minimum absolute atomic E-state index is 0.0431. The number of aromatic nitrogens is 1. The molecule has 1 aliphatic rings. The molecule has 152 valence electrons. The summed E-state index contributed by atoms with van der Waals surface area (Å²) in [6, 6.07) is 7.09.